The highest BCUT2D eigenvalue weighted by atomic mass is 35.5. The molecule has 3 amide bonds. The molecule has 2 aromatic carbocycles. The van der Waals surface area contributed by atoms with Crippen molar-refractivity contribution in [2.24, 2.45) is 5.73 Å². The van der Waals surface area contributed by atoms with Crippen molar-refractivity contribution in [3.05, 3.63) is 64.3 Å². The molecule has 246 valence electrons. The summed E-state index contributed by atoms with van der Waals surface area (Å²) in [5.74, 6) is 0.272. The Morgan fingerprint density at radius 1 is 1.00 bits per heavy atom. The van der Waals surface area contributed by atoms with E-state index in [9.17, 15) is 14.4 Å². The van der Waals surface area contributed by atoms with E-state index in [0.717, 1.165) is 86.9 Å². The fourth-order valence-corrected chi connectivity index (χ4v) is 7.41. The minimum atomic E-state index is -0.611. The van der Waals surface area contributed by atoms with Crippen LogP contribution in [0.1, 0.15) is 54.1 Å². The van der Waals surface area contributed by atoms with Gasteiger partial charge in [-0.2, -0.15) is 0 Å². The number of nitrogens with two attached hydrogens (primary N) is 2. The Morgan fingerprint density at radius 2 is 1.77 bits per heavy atom. The van der Waals surface area contributed by atoms with Crippen LogP contribution in [0.3, 0.4) is 0 Å². The molecule has 0 spiro atoms. The van der Waals surface area contributed by atoms with Gasteiger partial charge in [-0.25, -0.2) is 9.97 Å². The third-order valence-corrected chi connectivity index (χ3v) is 10.4. The van der Waals surface area contributed by atoms with Crippen molar-refractivity contribution in [3.63, 3.8) is 0 Å². The summed E-state index contributed by atoms with van der Waals surface area (Å²) >= 11 is 7.01. The van der Waals surface area contributed by atoms with Gasteiger partial charge in [-0.05, 0) is 49.4 Å². The number of amides is 3. The monoisotopic (exact) mass is 657 g/mol. The van der Waals surface area contributed by atoms with Gasteiger partial charge in [0.15, 0.2) is 5.82 Å². The first-order valence-electron chi connectivity index (χ1n) is 16.3. The van der Waals surface area contributed by atoms with E-state index in [1.165, 1.54) is 0 Å². The van der Waals surface area contributed by atoms with Crippen molar-refractivity contribution in [2.75, 3.05) is 54.8 Å². The Hall–Kier alpha value is -4.26. The highest BCUT2D eigenvalue weighted by Crippen LogP contribution is 2.38. The average Bonchev–Trinajstić information content (AvgIpc) is 3.37. The van der Waals surface area contributed by atoms with Crippen molar-refractivity contribution in [2.45, 2.75) is 57.3 Å². The molecule has 3 saturated heterocycles. The zero-order valence-electron chi connectivity index (χ0n) is 26.5. The highest BCUT2D eigenvalue weighted by Gasteiger charge is 2.39. The first kappa shape index (κ1) is 31.3. The van der Waals surface area contributed by atoms with Gasteiger partial charge in [-0.1, -0.05) is 35.9 Å². The lowest BCUT2D eigenvalue weighted by Gasteiger charge is -2.37. The van der Waals surface area contributed by atoms with Gasteiger partial charge in [0.05, 0.1) is 16.9 Å². The maximum atomic E-state index is 13.1. The Kier molecular flexibility index (Phi) is 8.27. The molecule has 5 heterocycles. The van der Waals surface area contributed by atoms with Gasteiger partial charge in [0.1, 0.15) is 17.6 Å². The normalized spacial score (nSPS) is 21.6. The van der Waals surface area contributed by atoms with Gasteiger partial charge in [-0.15, -0.1) is 0 Å². The Morgan fingerprint density at radius 3 is 2.49 bits per heavy atom. The summed E-state index contributed by atoms with van der Waals surface area (Å²) in [6.45, 7) is 8.12. The van der Waals surface area contributed by atoms with E-state index in [-0.39, 0.29) is 23.8 Å². The van der Waals surface area contributed by atoms with Crippen LogP contribution in [0.2, 0.25) is 5.02 Å². The standard InChI is InChI=1S/C34H40ClN9O3/c1-34(37)9-11-43(12-10-34)27-18-38-30(31(36)39-27)24-3-2-4-25(29(24)35)42-15-13-41(14-16-42)19-21-5-6-23-22(17-21)20-44(33(23)47)26-7-8-28(45)40-32(26)46/h2-6,17-18,26H,7-16,19-20,37H2,1H3,(H2,36,39)(H,40,45,46). The van der Waals surface area contributed by atoms with Gasteiger partial charge < -0.3 is 26.2 Å². The molecular weight excluding hydrogens is 618 g/mol. The van der Waals surface area contributed by atoms with Crippen molar-refractivity contribution < 1.29 is 14.4 Å². The van der Waals surface area contributed by atoms with E-state index >= 15 is 0 Å². The van der Waals surface area contributed by atoms with Crippen LogP contribution in [-0.2, 0) is 22.7 Å². The van der Waals surface area contributed by atoms with Crippen LogP contribution in [0, 0.1) is 0 Å². The summed E-state index contributed by atoms with van der Waals surface area (Å²) in [6.07, 6.45) is 4.14. The van der Waals surface area contributed by atoms with E-state index in [1.807, 2.05) is 30.3 Å². The second kappa shape index (κ2) is 12.4. The number of halogens is 1. The molecule has 3 aromatic rings. The summed E-state index contributed by atoms with van der Waals surface area (Å²) in [4.78, 5) is 54.9. The number of fused-ring (bicyclic) bond motifs is 1. The lowest BCUT2D eigenvalue weighted by atomic mass is 9.91. The summed E-state index contributed by atoms with van der Waals surface area (Å²) in [7, 11) is 0. The zero-order valence-corrected chi connectivity index (χ0v) is 27.3. The number of nitrogens with zero attached hydrogens (tertiary/aromatic N) is 6. The molecule has 47 heavy (non-hydrogen) atoms. The van der Waals surface area contributed by atoms with Crippen LogP contribution in [0.15, 0.2) is 42.6 Å². The molecular formula is C34H40ClN9O3. The highest BCUT2D eigenvalue weighted by molar-refractivity contribution is 6.36. The van der Waals surface area contributed by atoms with Crippen LogP contribution in [0.25, 0.3) is 11.3 Å². The predicted molar refractivity (Wildman–Crippen MR) is 181 cm³/mol. The average molecular weight is 658 g/mol. The SMILES string of the molecule is CC1(N)CCN(c2cnc(-c3cccc(N4CCN(Cc5ccc6c(c5)CN(C5CCC(=O)NC5=O)C6=O)CC4)c3Cl)c(N)n2)CC1. The molecule has 0 saturated carbocycles. The second-order valence-electron chi connectivity index (χ2n) is 13.4. The van der Waals surface area contributed by atoms with Crippen molar-refractivity contribution in [3.8, 4) is 11.3 Å². The van der Waals surface area contributed by atoms with Crippen LogP contribution < -0.4 is 26.6 Å². The first-order valence-corrected chi connectivity index (χ1v) is 16.6. The minimum Gasteiger partial charge on any atom is -0.382 e. The molecule has 13 heteroatoms. The molecule has 1 unspecified atom stereocenters. The fraction of sp³-hybridized carbons (Fsp3) is 0.441. The first-order chi connectivity index (χ1) is 22.6. The quantitative estimate of drug-likeness (QED) is 0.337. The maximum Gasteiger partial charge on any atom is 0.255 e. The van der Waals surface area contributed by atoms with Crippen LogP contribution >= 0.6 is 11.6 Å². The molecule has 12 nitrogen and oxygen atoms in total. The van der Waals surface area contributed by atoms with Gasteiger partial charge >= 0.3 is 0 Å². The summed E-state index contributed by atoms with van der Waals surface area (Å²) in [6, 6.07) is 11.3. The smallest absolute Gasteiger partial charge is 0.255 e. The number of hydrogen-bond donors (Lipinski definition) is 3. The molecule has 1 atom stereocenters. The topological polar surface area (TPSA) is 154 Å². The largest absolute Gasteiger partial charge is 0.382 e. The number of carbonyl (C=O) groups is 3. The number of rotatable bonds is 6. The maximum absolute atomic E-state index is 13.1. The number of benzene rings is 2. The number of anilines is 3. The van der Waals surface area contributed by atoms with Crippen molar-refractivity contribution in [1.29, 1.82) is 0 Å². The second-order valence-corrected chi connectivity index (χ2v) is 13.8. The number of piperidine rings is 2. The van der Waals surface area contributed by atoms with E-state index in [1.54, 1.807) is 11.1 Å². The third kappa shape index (κ3) is 6.24. The molecule has 5 N–H and O–H groups in total. The van der Waals surface area contributed by atoms with E-state index in [0.29, 0.717) is 35.1 Å². The number of imide groups is 1. The number of piperazine rings is 1. The lowest BCUT2D eigenvalue weighted by Crippen LogP contribution is -2.52. The minimum absolute atomic E-state index is 0.151. The lowest BCUT2D eigenvalue weighted by molar-refractivity contribution is -0.136. The Labute approximate surface area is 279 Å². The Bertz CT molecular complexity index is 1730. The van der Waals surface area contributed by atoms with Crippen LogP contribution in [-0.4, -0.2) is 88.3 Å². The predicted octanol–water partition coefficient (Wildman–Crippen LogP) is 2.78. The Balaban J connectivity index is 0.981. The number of nitrogens with one attached hydrogen (secondary N) is 1. The van der Waals surface area contributed by atoms with E-state index in [4.69, 9.17) is 28.1 Å². The molecule has 0 bridgehead atoms. The zero-order chi connectivity index (χ0) is 32.9. The molecule has 1 aromatic heterocycles. The molecule has 3 fully saturated rings. The molecule has 4 aliphatic heterocycles. The van der Waals surface area contributed by atoms with Crippen molar-refractivity contribution >= 4 is 46.6 Å². The third-order valence-electron chi connectivity index (χ3n) is 9.96. The van der Waals surface area contributed by atoms with Crippen LogP contribution in [0.5, 0.6) is 0 Å². The van der Waals surface area contributed by atoms with Crippen molar-refractivity contribution in [1.82, 2.24) is 25.1 Å². The van der Waals surface area contributed by atoms with Gasteiger partial charge in [-0.3, -0.25) is 24.6 Å². The van der Waals surface area contributed by atoms with Crippen LogP contribution in [0.4, 0.5) is 17.3 Å². The molecule has 4 aliphatic rings. The number of hydrogen-bond acceptors (Lipinski definition) is 10. The van der Waals surface area contributed by atoms with E-state index in [2.05, 4.69) is 38.0 Å². The molecule has 0 aliphatic carbocycles. The number of aromatic nitrogens is 2. The molecule has 7 rings (SSSR count). The summed E-state index contributed by atoms with van der Waals surface area (Å²) in [5.41, 5.74) is 17.5. The number of carbonyl (C=O) groups excluding carboxylic acids is 3. The van der Waals surface area contributed by atoms with Gasteiger partial charge in [0.25, 0.3) is 5.91 Å². The summed E-state index contributed by atoms with van der Waals surface area (Å²) < 4.78 is 0. The summed E-state index contributed by atoms with van der Waals surface area (Å²) in [5, 5.41) is 2.97. The fourth-order valence-electron chi connectivity index (χ4n) is 7.08. The number of nitrogen functional groups attached to an aromatic ring is 1. The van der Waals surface area contributed by atoms with Gasteiger partial charge in [0, 0.05) is 75.4 Å². The van der Waals surface area contributed by atoms with Gasteiger partial charge in [0.2, 0.25) is 11.8 Å². The van der Waals surface area contributed by atoms with E-state index < -0.39 is 11.9 Å². The molecule has 0 radical (unpaired) electrons.